The molecule has 0 aliphatic heterocycles. The second-order valence-electron chi connectivity index (χ2n) is 7.18. The van der Waals surface area contributed by atoms with Crippen LogP contribution in [-0.2, 0) is 11.3 Å². The Bertz CT molecular complexity index is 950. The van der Waals surface area contributed by atoms with Crippen LogP contribution in [0, 0.1) is 0 Å². The van der Waals surface area contributed by atoms with Crippen LogP contribution in [0.25, 0.3) is 11.4 Å². The zero-order valence-electron chi connectivity index (χ0n) is 18.0. The van der Waals surface area contributed by atoms with E-state index >= 15 is 0 Å². The highest BCUT2D eigenvalue weighted by molar-refractivity contribution is 7.95. The topological polar surface area (TPSA) is 114 Å². The van der Waals surface area contributed by atoms with Crippen LogP contribution < -0.4 is 19.9 Å². The third-order valence-corrected chi connectivity index (χ3v) is 5.31. The van der Waals surface area contributed by atoms with Crippen LogP contribution in [0.1, 0.15) is 36.6 Å². The van der Waals surface area contributed by atoms with Crippen molar-refractivity contribution in [3.05, 3.63) is 72.1 Å². The van der Waals surface area contributed by atoms with Crippen molar-refractivity contribution in [1.29, 1.82) is 0 Å². The molecule has 0 aliphatic rings. The van der Waals surface area contributed by atoms with Gasteiger partial charge in [-0.15, -0.1) is 0 Å². The number of carbonyl (C=O) groups excluding carboxylic acids is 1. The Kier molecular flexibility index (Phi) is 9.42. The second kappa shape index (κ2) is 12.7. The number of H-pyrrole nitrogens is 1. The monoisotopic (exact) mass is 455 g/mol. The summed E-state index contributed by atoms with van der Waals surface area (Å²) in [5.74, 6) is 1.51. The van der Waals surface area contributed by atoms with E-state index in [1.165, 1.54) is 0 Å². The molecule has 3 aromatic rings. The van der Waals surface area contributed by atoms with Gasteiger partial charge in [0.1, 0.15) is 18.2 Å². The maximum absolute atomic E-state index is 12.5. The molecule has 1 unspecified atom stereocenters. The number of hydrogen-bond acceptors (Lipinski definition) is 7. The van der Waals surface area contributed by atoms with Crippen molar-refractivity contribution in [2.75, 3.05) is 13.7 Å². The molecule has 3 rings (SSSR count). The van der Waals surface area contributed by atoms with Crippen LogP contribution in [0.2, 0.25) is 0 Å². The summed E-state index contributed by atoms with van der Waals surface area (Å²) < 4.78 is 13.7. The molecule has 9 heteroatoms. The number of ether oxygens (including phenoxy) is 2. The molecule has 0 saturated heterocycles. The predicted octanol–water partition coefficient (Wildman–Crippen LogP) is 4.33. The first-order valence-electron chi connectivity index (χ1n) is 10.4. The molecule has 0 aliphatic carbocycles. The Morgan fingerprint density at radius 1 is 1.16 bits per heavy atom. The lowest BCUT2D eigenvalue weighted by Gasteiger charge is -2.17. The second-order valence-corrected chi connectivity index (χ2v) is 7.71. The first-order chi connectivity index (χ1) is 15.7. The predicted molar refractivity (Wildman–Crippen MR) is 127 cm³/mol. The highest BCUT2D eigenvalue weighted by Crippen LogP contribution is 2.24. The highest BCUT2D eigenvalue weighted by atomic mass is 32.2. The Morgan fingerprint density at radius 2 is 1.94 bits per heavy atom. The fraction of sp³-hybridized carbons (Fsp3) is 0.304. The smallest absolute Gasteiger partial charge is 0.408 e. The van der Waals surface area contributed by atoms with Gasteiger partial charge >= 0.3 is 6.09 Å². The van der Waals surface area contributed by atoms with Crippen LogP contribution in [0.3, 0.4) is 0 Å². The van der Waals surface area contributed by atoms with Crippen LogP contribution in [0.15, 0.2) is 60.8 Å². The number of nitrogens with zero attached hydrogens (tertiary/aromatic N) is 1. The molecule has 1 aromatic heterocycles. The van der Waals surface area contributed by atoms with E-state index in [2.05, 4.69) is 20.0 Å². The zero-order chi connectivity index (χ0) is 22.6. The highest BCUT2D eigenvalue weighted by Gasteiger charge is 2.18. The van der Waals surface area contributed by atoms with E-state index in [1.54, 1.807) is 13.3 Å². The third-order valence-electron chi connectivity index (χ3n) is 4.94. The van der Waals surface area contributed by atoms with Gasteiger partial charge in [0.2, 0.25) is 0 Å². The first kappa shape index (κ1) is 23.6. The maximum Gasteiger partial charge on any atom is 0.408 e. The molecule has 8 nitrogen and oxygen atoms in total. The van der Waals surface area contributed by atoms with Gasteiger partial charge in [0.15, 0.2) is 0 Å². The number of nitrogens with two attached hydrogens (primary N) is 1. The number of carbonyl (C=O) groups is 1. The number of benzene rings is 2. The molecular weight excluding hydrogens is 426 g/mol. The quantitative estimate of drug-likeness (QED) is 0.237. The van der Waals surface area contributed by atoms with Crippen molar-refractivity contribution in [3.8, 4) is 17.1 Å². The van der Waals surface area contributed by atoms with E-state index in [0.29, 0.717) is 0 Å². The van der Waals surface area contributed by atoms with E-state index in [0.717, 1.165) is 66.3 Å². The lowest BCUT2D eigenvalue weighted by Crippen LogP contribution is -2.29. The number of amides is 1. The van der Waals surface area contributed by atoms with Crippen molar-refractivity contribution in [2.24, 2.45) is 5.14 Å². The summed E-state index contributed by atoms with van der Waals surface area (Å²) in [5, 5.41) is 8.37. The number of nitrogens with one attached hydrogen (secondary N) is 3. The Balaban J connectivity index is 1.64. The van der Waals surface area contributed by atoms with Gasteiger partial charge in [0, 0.05) is 24.2 Å². The molecule has 1 atom stereocenters. The van der Waals surface area contributed by atoms with E-state index in [1.807, 2.05) is 54.6 Å². The summed E-state index contributed by atoms with van der Waals surface area (Å²) in [4.78, 5) is 20.3. The van der Waals surface area contributed by atoms with Gasteiger partial charge in [0.05, 0.1) is 25.0 Å². The number of alkyl carbamates (subject to hydrolysis) is 1. The van der Waals surface area contributed by atoms with Gasteiger partial charge < -0.3 is 19.8 Å². The van der Waals surface area contributed by atoms with Crippen molar-refractivity contribution in [1.82, 2.24) is 20.0 Å². The van der Waals surface area contributed by atoms with Crippen LogP contribution in [0.4, 0.5) is 4.79 Å². The minimum Gasteiger partial charge on any atom is -0.497 e. The molecule has 2 aromatic carbocycles. The summed E-state index contributed by atoms with van der Waals surface area (Å²) in [6, 6.07) is 17.0. The fourth-order valence-corrected chi connectivity index (χ4v) is 3.49. The number of hydrogen-bond donors (Lipinski definition) is 4. The number of imidazole rings is 1. The fourth-order valence-electron chi connectivity index (χ4n) is 3.23. The van der Waals surface area contributed by atoms with Gasteiger partial charge in [-0.25, -0.2) is 9.78 Å². The lowest BCUT2D eigenvalue weighted by molar-refractivity contribution is 0.134. The third kappa shape index (κ3) is 7.30. The SMILES string of the molecule is COc1ccc(-c2ncc(C(CCCCNSN)NC(=O)OCc3ccccc3)[nH]2)cc1. The van der Waals surface area contributed by atoms with Gasteiger partial charge in [0.25, 0.3) is 0 Å². The van der Waals surface area contributed by atoms with Crippen molar-refractivity contribution in [2.45, 2.75) is 31.9 Å². The molecule has 5 N–H and O–H groups in total. The molecule has 0 fully saturated rings. The number of rotatable bonds is 12. The zero-order valence-corrected chi connectivity index (χ0v) is 18.9. The molecule has 32 heavy (non-hydrogen) atoms. The van der Waals surface area contributed by atoms with Gasteiger partial charge in [-0.05, 0) is 49.1 Å². The number of aromatic amines is 1. The van der Waals surface area contributed by atoms with Crippen molar-refractivity contribution in [3.63, 3.8) is 0 Å². The van der Waals surface area contributed by atoms with E-state index in [9.17, 15) is 4.79 Å². The maximum atomic E-state index is 12.5. The van der Waals surface area contributed by atoms with Gasteiger partial charge in [-0.2, -0.15) is 0 Å². The number of aromatic nitrogens is 2. The molecule has 0 bridgehead atoms. The van der Waals surface area contributed by atoms with Crippen LogP contribution in [-0.4, -0.2) is 29.7 Å². The largest absolute Gasteiger partial charge is 0.497 e. The summed E-state index contributed by atoms with van der Waals surface area (Å²) in [6.45, 7) is 1.02. The van der Waals surface area contributed by atoms with Crippen molar-refractivity contribution < 1.29 is 14.3 Å². The average Bonchev–Trinajstić information content (AvgIpc) is 3.33. The first-order valence-corrected chi connectivity index (χ1v) is 11.3. The van der Waals surface area contributed by atoms with E-state index < -0.39 is 6.09 Å². The van der Waals surface area contributed by atoms with Crippen LogP contribution in [0.5, 0.6) is 5.75 Å². The van der Waals surface area contributed by atoms with Crippen LogP contribution >= 0.6 is 12.1 Å². The molecule has 1 heterocycles. The Morgan fingerprint density at radius 3 is 2.66 bits per heavy atom. The van der Waals surface area contributed by atoms with Crippen molar-refractivity contribution >= 4 is 18.2 Å². The molecule has 0 radical (unpaired) electrons. The molecule has 170 valence electrons. The molecular formula is C23H29N5O3S. The summed E-state index contributed by atoms with van der Waals surface area (Å²) in [6.07, 6.45) is 3.86. The number of unbranched alkanes of at least 4 members (excludes halogenated alkanes) is 1. The standard InChI is InChI=1S/C23H29N5O3S/c1-30-19-12-10-18(11-13-19)22-25-15-21(27-22)20(9-5-6-14-26-32-24)28-23(29)31-16-17-7-3-2-4-8-17/h2-4,7-8,10-13,15,20,26H,5-6,9,14,16,24H2,1H3,(H,25,27)(H,28,29). The Hall–Kier alpha value is -3.01. The minimum absolute atomic E-state index is 0.219. The molecule has 0 saturated carbocycles. The lowest BCUT2D eigenvalue weighted by atomic mass is 10.1. The molecule has 0 spiro atoms. The Labute approximate surface area is 192 Å². The average molecular weight is 456 g/mol. The summed E-state index contributed by atoms with van der Waals surface area (Å²) >= 11 is 1.11. The van der Waals surface area contributed by atoms with E-state index in [-0.39, 0.29) is 12.6 Å². The molecule has 1 amide bonds. The summed E-state index contributed by atoms with van der Waals surface area (Å²) in [5.41, 5.74) is 2.70. The number of methoxy groups -OCH3 is 1. The van der Waals surface area contributed by atoms with Gasteiger partial charge in [-0.3, -0.25) is 9.86 Å². The van der Waals surface area contributed by atoms with E-state index in [4.69, 9.17) is 14.6 Å². The van der Waals surface area contributed by atoms with Gasteiger partial charge in [-0.1, -0.05) is 30.3 Å². The normalized spacial score (nSPS) is 11.7. The minimum atomic E-state index is -0.463. The summed E-state index contributed by atoms with van der Waals surface area (Å²) in [7, 11) is 1.63.